The van der Waals surface area contributed by atoms with Gasteiger partial charge in [0.15, 0.2) is 0 Å². The van der Waals surface area contributed by atoms with Gasteiger partial charge in [-0.2, -0.15) is 0 Å². The molecule has 0 aromatic heterocycles. The molecule has 1 aliphatic heterocycles. The summed E-state index contributed by atoms with van der Waals surface area (Å²) in [7, 11) is 0. The number of aliphatic hydroxyl groups is 1. The van der Waals surface area contributed by atoms with Crippen LogP contribution in [0.15, 0.2) is 0 Å². The van der Waals surface area contributed by atoms with Crippen molar-refractivity contribution in [1.29, 1.82) is 0 Å². The summed E-state index contributed by atoms with van der Waals surface area (Å²) in [5.74, 6) is 0. The Labute approximate surface area is 74.9 Å². The van der Waals surface area contributed by atoms with Crippen molar-refractivity contribution in [2.24, 2.45) is 0 Å². The minimum absolute atomic E-state index is 0.130. The average molecular weight is 172 g/mol. The molecule has 0 aliphatic carbocycles. The van der Waals surface area contributed by atoms with Gasteiger partial charge in [-0.3, -0.25) is 0 Å². The van der Waals surface area contributed by atoms with Crippen LogP contribution in [0.4, 0.5) is 0 Å². The zero-order chi connectivity index (χ0) is 8.81. The first kappa shape index (κ1) is 10.0. The minimum Gasteiger partial charge on any atom is -0.390 e. The molecule has 0 spiro atoms. The normalized spacial score (nSPS) is 27.0. The van der Waals surface area contributed by atoms with E-state index in [-0.39, 0.29) is 12.2 Å². The second kappa shape index (κ2) is 5.55. The van der Waals surface area contributed by atoms with Gasteiger partial charge in [-0.25, -0.2) is 0 Å². The molecule has 0 aromatic carbocycles. The molecule has 1 rings (SSSR count). The van der Waals surface area contributed by atoms with Gasteiger partial charge in [0.2, 0.25) is 0 Å². The highest BCUT2D eigenvalue weighted by Gasteiger charge is 2.21. The lowest BCUT2D eigenvalue weighted by molar-refractivity contribution is -0.0647. The average Bonchev–Trinajstić information content (AvgIpc) is 2.15. The second-order valence-electron chi connectivity index (χ2n) is 3.61. The van der Waals surface area contributed by atoms with Gasteiger partial charge in [0, 0.05) is 6.61 Å². The van der Waals surface area contributed by atoms with Gasteiger partial charge in [0.25, 0.3) is 0 Å². The van der Waals surface area contributed by atoms with Crippen molar-refractivity contribution >= 4 is 0 Å². The smallest absolute Gasteiger partial charge is 0.0833 e. The predicted octanol–water partition coefficient (Wildman–Crippen LogP) is 2.11. The SMILES string of the molecule is CCCCC(O)C1CCCCO1. The summed E-state index contributed by atoms with van der Waals surface area (Å²) in [6, 6.07) is 0. The van der Waals surface area contributed by atoms with E-state index in [4.69, 9.17) is 4.74 Å². The van der Waals surface area contributed by atoms with Crippen LogP contribution in [0, 0.1) is 0 Å². The predicted molar refractivity (Wildman–Crippen MR) is 49.1 cm³/mol. The number of rotatable bonds is 4. The van der Waals surface area contributed by atoms with Crippen molar-refractivity contribution in [1.82, 2.24) is 0 Å². The number of hydrogen-bond donors (Lipinski definition) is 1. The van der Waals surface area contributed by atoms with Gasteiger partial charge in [-0.05, 0) is 25.7 Å². The lowest BCUT2D eigenvalue weighted by Gasteiger charge is -2.26. The highest BCUT2D eigenvalue weighted by molar-refractivity contribution is 4.72. The Bertz CT molecular complexity index is 108. The number of hydrogen-bond acceptors (Lipinski definition) is 2. The Hall–Kier alpha value is -0.0800. The zero-order valence-corrected chi connectivity index (χ0v) is 7.96. The molecule has 2 nitrogen and oxygen atoms in total. The molecule has 1 fully saturated rings. The first-order chi connectivity index (χ1) is 5.84. The first-order valence-corrected chi connectivity index (χ1v) is 5.14. The summed E-state index contributed by atoms with van der Waals surface area (Å²) in [5, 5.41) is 9.68. The summed E-state index contributed by atoms with van der Waals surface area (Å²) in [6.07, 6.45) is 6.51. The Morgan fingerprint density at radius 1 is 1.50 bits per heavy atom. The Morgan fingerprint density at radius 3 is 2.92 bits per heavy atom. The molecule has 2 atom stereocenters. The molecule has 12 heavy (non-hydrogen) atoms. The largest absolute Gasteiger partial charge is 0.390 e. The molecule has 72 valence electrons. The molecular formula is C10H20O2. The van der Waals surface area contributed by atoms with Gasteiger partial charge in [0.05, 0.1) is 12.2 Å². The van der Waals surface area contributed by atoms with E-state index in [1.807, 2.05) is 0 Å². The topological polar surface area (TPSA) is 29.5 Å². The van der Waals surface area contributed by atoms with Crippen LogP contribution in [-0.2, 0) is 4.74 Å². The van der Waals surface area contributed by atoms with E-state index < -0.39 is 0 Å². The van der Waals surface area contributed by atoms with Gasteiger partial charge < -0.3 is 9.84 Å². The van der Waals surface area contributed by atoms with Crippen LogP contribution in [0.1, 0.15) is 45.4 Å². The lowest BCUT2D eigenvalue weighted by Crippen LogP contribution is -2.32. The van der Waals surface area contributed by atoms with Gasteiger partial charge >= 0.3 is 0 Å². The van der Waals surface area contributed by atoms with Crippen LogP contribution in [0.25, 0.3) is 0 Å². The number of unbranched alkanes of at least 4 members (excludes halogenated alkanes) is 1. The van der Waals surface area contributed by atoms with E-state index in [2.05, 4.69) is 6.92 Å². The van der Waals surface area contributed by atoms with E-state index >= 15 is 0 Å². The van der Waals surface area contributed by atoms with Crippen LogP contribution >= 0.6 is 0 Å². The van der Waals surface area contributed by atoms with Crippen molar-refractivity contribution in [2.45, 2.75) is 57.7 Å². The van der Waals surface area contributed by atoms with E-state index in [1.54, 1.807) is 0 Å². The molecular weight excluding hydrogens is 152 g/mol. The molecule has 2 heteroatoms. The van der Waals surface area contributed by atoms with E-state index in [9.17, 15) is 5.11 Å². The fourth-order valence-corrected chi connectivity index (χ4v) is 1.67. The van der Waals surface area contributed by atoms with Crippen molar-refractivity contribution in [3.05, 3.63) is 0 Å². The third kappa shape index (κ3) is 3.11. The van der Waals surface area contributed by atoms with Crippen LogP contribution in [0.3, 0.4) is 0 Å². The standard InChI is InChI=1S/C10H20O2/c1-2-3-6-9(11)10-7-4-5-8-12-10/h9-11H,2-8H2,1H3. The molecule has 1 heterocycles. The van der Waals surface area contributed by atoms with E-state index in [1.165, 1.54) is 6.42 Å². The Balaban J connectivity index is 2.15. The first-order valence-electron chi connectivity index (χ1n) is 5.14. The van der Waals surface area contributed by atoms with Crippen molar-refractivity contribution in [3.63, 3.8) is 0 Å². The fraction of sp³-hybridized carbons (Fsp3) is 1.00. The third-order valence-electron chi connectivity index (χ3n) is 2.50. The van der Waals surface area contributed by atoms with Crippen LogP contribution in [0.2, 0.25) is 0 Å². The Kier molecular flexibility index (Phi) is 4.62. The molecule has 2 unspecified atom stereocenters. The second-order valence-corrected chi connectivity index (χ2v) is 3.61. The summed E-state index contributed by atoms with van der Waals surface area (Å²) in [4.78, 5) is 0. The lowest BCUT2D eigenvalue weighted by atomic mass is 10.0. The van der Waals surface area contributed by atoms with Crippen molar-refractivity contribution in [2.75, 3.05) is 6.61 Å². The van der Waals surface area contributed by atoms with Crippen molar-refractivity contribution in [3.8, 4) is 0 Å². The molecule has 1 aliphatic rings. The van der Waals surface area contributed by atoms with Gasteiger partial charge in [-0.15, -0.1) is 0 Å². The van der Waals surface area contributed by atoms with Crippen LogP contribution in [-0.4, -0.2) is 23.9 Å². The fourth-order valence-electron chi connectivity index (χ4n) is 1.67. The molecule has 0 bridgehead atoms. The highest BCUT2D eigenvalue weighted by atomic mass is 16.5. The molecule has 1 saturated heterocycles. The maximum Gasteiger partial charge on any atom is 0.0833 e. The number of aliphatic hydroxyl groups excluding tert-OH is 1. The summed E-state index contributed by atoms with van der Waals surface area (Å²) < 4.78 is 5.49. The quantitative estimate of drug-likeness (QED) is 0.703. The number of ether oxygens (including phenoxy) is 1. The van der Waals surface area contributed by atoms with Crippen molar-refractivity contribution < 1.29 is 9.84 Å². The van der Waals surface area contributed by atoms with E-state index in [0.717, 1.165) is 38.7 Å². The third-order valence-corrected chi connectivity index (χ3v) is 2.50. The molecule has 0 radical (unpaired) electrons. The minimum atomic E-state index is -0.217. The van der Waals surface area contributed by atoms with Gasteiger partial charge in [-0.1, -0.05) is 19.8 Å². The molecule has 0 saturated carbocycles. The highest BCUT2D eigenvalue weighted by Crippen LogP contribution is 2.18. The molecule has 0 aromatic rings. The summed E-state index contributed by atoms with van der Waals surface area (Å²) >= 11 is 0. The molecule has 1 N–H and O–H groups in total. The Morgan fingerprint density at radius 2 is 2.33 bits per heavy atom. The maximum atomic E-state index is 9.68. The van der Waals surface area contributed by atoms with Gasteiger partial charge in [0.1, 0.15) is 0 Å². The molecule has 0 amide bonds. The maximum absolute atomic E-state index is 9.68. The van der Waals surface area contributed by atoms with Crippen LogP contribution < -0.4 is 0 Å². The van der Waals surface area contributed by atoms with Crippen LogP contribution in [0.5, 0.6) is 0 Å². The summed E-state index contributed by atoms with van der Waals surface area (Å²) in [5.41, 5.74) is 0. The zero-order valence-electron chi connectivity index (χ0n) is 7.96. The monoisotopic (exact) mass is 172 g/mol. The summed E-state index contributed by atoms with van der Waals surface area (Å²) in [6.45, 7) is 2.99. The van der Waals surface area contributed by atoms with E-state index in [0.29, 0.717) is 0 Å².